The standard InChI is InChI=1S/C24H30FN3OS.C4H4O4/c1-2-28(24-26-23-7-4-3-6-19(23)18-30-24)21-12-15-27(16-13-21)14-5-17-29-22-10-8-20(25)9-11-22;5-3(6)1-2-4(7)8/h3-4,6-11,21H,2,5,12-18H2,1H3;1-2H,(H,5,6)(H,7,8). The number of amidine groups is 1. The zero-order valence-corrected chi connectivity index (χ0v) is 22.3. The molecule has 10 heteroatoms. The Hall–Kier alpha value is -3.37. The van der Waals surface area contributed by atoms with Crippen molar-refractivity contribution in [1.29, 1.82) is 0 Å². The first kappa shape index (κ1) is 29.2. The van der Waals surface area contributed by atoms with E-state index >= 15 is 0 Å². The van der Waals surface area contributed by atoms with E-state index in [2.05, 4.69) is 41.0 Å². The lowest BCUT2D eigenvalue weighted by atomic mass is 10.0. The number of carboxylic acid groups (broad SMARTS) is 2. The Morgan fingerprint density at radius 2 is 1.76 bits per heavy atom. The minimum atomic E-state index is -1.26. The summed E-state index contributed by atoms with van der Waals surface area (Å²) in [5, 5.41) is 16.8. The van der Waals surface area contributed by atoms with Gasteiger partial charge in [-0.25, -0.2) is 19.0 Å². The van der Waals surface area contributed by atoms with Gasteiger partial charge in [0.05, 0.1) is 12.3 Å². The fourth-order valence-corrected chi connectivity index (χ4v) is 5.46. The minimum Gasteiger partial charge on any atom is -0.494 e. The number of para-hydroxylation sites is 1. The molecule has 2 N–H and O–H groups in total. The summed E-state index contributed by atoms with van der Waals surface area (Å²) >= 11 is 1.87. The third kappa shape index (κ3) is 9.50. The second kappa shape index (κ2) is 15.1. The number of aliphatic imine (C=N–C) groups is 1. The average molecular weight is 544 g/mol. The molecule has 1 saturated heterocycles. The molecule has 0 atom stereocenters. The van der Waals surface area contributed by atoms with E-state index in [4.69, 9.17) is 19.9 Å². The molecule has 2 aliphatic rings. The van der Waals surface area contributed by atoms with Crippen LogP contribution in [0.2, 0.25) is 0 Å². The number of thioether (sulfide) groups is 1. The molecule has 0 aromatic heterocycles. The quantitative estimate of drug-likeness (QED) is 0.336. The lowest BCUT2D eigenvalue weighted by molar-refractivity contribution is -0.134. The van der Waals surface area contributed by atoms with Crippen LogP contribution in [-0.2, 0) is 15.3 Å². The van der Waals surface area contributed by atoms with E-state index in [1.165, 1.54) is 35.7 Å². The van der Waals surface area contributed by atoms with Gasteiger partial charge in [0, 0.05) is 50.1 Å². The Labute approximate surface area is 226 Å². The molecule has 0 amide bonds. The SMILES string of the molecule is CCN(C1=Nc2ccccc2CS1)C1CCN(CCCOc2ccc(F)cc2)CC1.O=C(O)C=CC(=O)O. The third-order valence-electron chi connectivity index (χ3n) is 6.22. The first-order valence-electron chi connectivity index (χ1n) is 12.7. The molecular weight excluding hydrogens is 509 g/mol. The Morgan fingerprint density at radius 3 is 2.39 bits per heavy atom. The van der Waals surface area contributed by atoms with E-state index in [1.807, 2.05) is 11.8 Å². The van der Waals surface area contributed by atoms with Gasteiger partial charge in [-0.05, 0) is 62.1 Å². The summed E-state index contributed by atoms with van der Waals surface area (Å²) in [4.78, 5) is 29.1. The van der Waals surface area contributed by atoms with Crippen LogP contribution >= 0.6 is 11.8 Å². The Morgan fingerprint density at radius 1 is 1.11 bits per heavy atom. The highest BCUT2D eigenvalue weighted by Crippen LogP contribution is 2.33. The highest BCUT2D eigenvalue weighted by atomic mass is 32.2. The van der Waals surface area contributed by atoms with Crippen molar-refractivity contribution in [3.05, 3.63) is 72.1 Å². The molecule has 0 radical (unpaired) electrons. The van der Waals surface area contributed by atoms with Crippen molar-refractivity contribution in [1.82, 2.24) is 9.80 Å². The van der Waals surface area contributed by atoms with Gasteiger partial charge in [0.15, 0.2) is 5.17 Å². The number of ether oxygens (including phenoxy) is 1. The number of fused-ring (bicyclic) bond motifs is 1. The molecule has 8 nitrogen and oxygen atoms in total. The lowest BCUT2D eigenvalue weighted by Gasteiger charge is -2.40. The van der Waals surface area contributed by atoms with Crippen LogP contribution in [0.5, 0.6) is 5.75 Å². The largest absolute Gasteiger partial charge is 0.494 e. The van der Waals surface area contributed by atoms with Crippen LogP contribution in [-0.4, -0.2) is 75.9 Å². The molecule has 0 spiro atoms. The van der Waals surface area contributed by atoms with Gasteiger partial charge in [-0.15, -0.1) is 0 Å². The summed E-state index contributed by atoms with van der Waals surface area (Å²) in [6.07, 6.45) is 4.45. The van der Waals surface area contributed by atoms with E-state index < -0.39 is 11.9 Å². The van der Waals surface area contributed by atoms with Gasteiger partial charge in [0.1, 0.15) is 11.6 Å². The van der Waals surface area contributed by atoms with Gasteiger partial charge in [-0.1, -0.05) is 30.0 Å². The van der Waals surface area contributed by atoms with Gasteiger partial charge >= 0.3 is 11.9 Å². The molecule has 38 heavy (non-hydrogen) atoms. The summed E-state index contributed by atoms with van der Waals surface area (Å²) in [6, 6.07) is 15.3. The van der Waals surface area contributed by atoms with Crippen molar-refractivity contribution in [3.63, 3.8) is 0 Å². The number of nitrogens with zero attached hydrogens (tertiary/aromatic N) is 3. The molecule has 2 aromatic carbocycles. The molecule has 2 aliphatic heterocycles. The molecule has 2 heterocycles. The number of hydrogen-bond acceptors (Lipinski definition) is 7. The fourth-order valence-electron chi connectivity index (χ4n) is 4.32. The maximum atomic E-state index is 12.9. The topological polar surface area (TPSA) is 103 Å². The summed E-state index contributed by atoms with van der Waals surface area (Å²) in [5.41, 5.74) is 2.46. The van der Waals surface area contributed by atoms with Crippen LogP contribution in [0.15, 0.2) is 65.7 Å². The fraction of sp³-hybridized carbons (Fsp3) is 0.393. The van der Waals surface area contributed by atoms with Gasteiger partial charge < -0.3 is 24.7 Å². The van der Waals surface area contributed by atoms with Crippen molar-refractivity contribution in [2.75, 3.05) is 32.8 Å². The summed E-state index contributed by atoms with van der Waals surface area (Å²) in [7, 11) is 0. The minimum absolute atomic E-state index is 0.229. The van der Waals surface area contributed by atoms with E-state index in [0.717, 1.165) is 49.8 Å². The molecule has 0 aliphatic carbocycles. The van der Waals surface area contributed by atoms with Crippen molar-refractivity contribution in [2.24, 2.45) is 4.99 Å². The molecule has 0 unspecified atom stereocenters. The monoisotopic (exact) mass is 543 g/mol. The second-order valence-electron chi connectivity index (χ2n) is 8.84. The molecule has 2 aromatic rings. The van der Waals surface area contributed by atoms with Gasteiger partial charge in [-0.2, -0.15) is 0 Å². The second-order valence-corrected chi connectivity index (χ2v) is 9.78. The van der Waals surface area contributed by atoms with Crippen molar-refractivity contribution < 1.29 is 28.9 Å². The van der Waals surface area contributed by atoms with Crippen LogP contribution in [0.3, 0.4) is 0 Å². The predicted molar refractivity (Wildman–Crippen MR) is 148 cm³/mol. The maximum absolute atomic E-state index is 12.9. The van der Waals surface area contributed by atoms with Gasteiger partial charge in [0.2, 0.25) is 0 Å². The maximum Gasteiger partial charge on any atom is 0.328 e. The van der Waals surface area contributed by atoms with Crippen LogP contribution in [0.25, 0.3) is 0 Å². The highest BCUT2D eigenvalue weighted by Gasteiger charge is 2.27. The van der Waals surface area contributed by atoms with E-state index in [1.54, 1.807) is 12.1 Å². The van der Waals surface area contributed by atoms with Crippen LogP contribution in [0.1, 0.15) is 31.7 Å². The predicted octanol–water partition coefficient (Wildman–Crippen LogP) is 5.03. The van der Waals surface area contributed by atoms with Crippen LogP contribution < -0.4 is 4.74 Å². The summed E-state index contributed by atoms with van der Waals surface area (Å²) < 4.78 is 18.7. The number of hydrogen-bond donors (Lipinski definition) is 2. The molecular formula is C28H34FN3O5S. The molecule has 0 bridgehead atoms. The Balaban J connectivity index is 0.000000436. The van der Waals surface area contributed by atoms with Gasteiger partial charge in [-0.3, -0.25) is 0 Å². The summed E-state index contributed by atoms with van der Waals surface area (Å²) in [5.74, 6) is -0.993. The smallest absolute Gasteiger partial charge is 0.328 e. The van der Waals surface area contributed by atoms with E-state index in [0.29, 0.717) is 24.8 Å². The van der Waals surface area contributed by atoms with Crippen molar-refractivity contribution in [3.8, 4) is 5.75 Å². The van der Waals surface area contributed by atoms with Crippen LogP contribution in [0, 0.1) is 5.82 Å². The Kier molecular flexibility index (Phi) is 11.6. The normalized spacial score (nSPS) is 15.7. The van der Waals surface area contributed by atoms with Gasteiger partial charge in [0.25, 0.3) is 0 Å². The number of halogens is 1. The zero-order chi connectivity index (χ0) is 27.3. The number of carbonyl (C=O) groups is 2. The number of benzene rings is 2. The first-order valence-corrected chi connectivity index (χ1v) is 13.6. The van der Waals surface area contributed by atoms with Crippen molar-refractivity contribution >= 4 is 34.6 Å². The summed E-state index contributed by atoms with van der Waals surface area (Å²) in [6.45, 7) is 7.19. The number of likely N-dealkylation sites (tertiary alicyclic amines) is 1. The van der Waals surface area contributed by atoms with E-state index in [-0.39, 0.29) is 5.82 Å². The Bertz CT molecular complexity index is 1100. The first-order chi connectivity index (χ1) is 18.4. The van der Waals surface area contributed by atoms with Crippen molar-refractivity contribution in [2.45, 2.75) is 38.0 Å². The average Bonchev–Trinajstić information content (AvgIpc) is 2.92. The zero-order valence-electron chi connectivity index (χ0n) is 21.5. The number of rotatable bonds is 9. The molecule has 204 valence electrons. The molecule has 0 saturated carbocycles. The lowest BCUT2D eigenvalue weighted by Crippen LogP contribution is -2.47. The number of aliphatic carboxylic acids is 2. The molecule has 4 rings (SSSR count). The number of carboxylic acids is 2. The van der Waals surface area contributed by atoms with Crippen LogP contribution in [0.4, 0.5) is 10.1 Å². The molecule has 1 fully saturated rings. The highest BCUT2D eigenvalue weighted by molar-refractivity contribution is 8.13. The van der Waals surface area contributed by atoms with E-state index in [9.17, 15) is 14.0 Å². The number of piperidine rings is 1. The third-order valence-corrected chi connectivity index (χ3v) is 7.26.